The Morgan fingerprint density at radius 3 is 3.07 bits per heavy atom. The van der Waals surface area contributed by atoms with Crippen LogP contribution in [0.1, 0.15) is 11.4 Å². The normalized spacial score (nSPS) is 11.0. The first-order chi connectivity index (χ1) is 6.83. The predicted octanol–water partition coefficient (Wildman–Crippen LogP) is 1.23. The minimum absolute atomic E-state index is 0.675. The molecule has 74 valence electrons. The highest BCUT2D eigenvalue weighted by molar-refractivity contribution is 5.46. The molecule has 4 heteroatoms. The smallest absolute Gasteiger partial charge is 0.163 e. The Kier molecular flexibility index (Phi) is 2.45. The number of rotatable bonds is 3. The van der Waals surface area contributed by atoms with Crippen LogP contribution in [-0.4, -0.2) is 28.3 Å². The second-order valence-corrected chi connectivity index (χ2v) is 3.24. The van der Waals surface area contributed by atoms with Crippen molar-refractivity contribution in [2.24, 2.45) is 0 Å². The molecule has 0 fully saturated rings. The Balaban J connectivity index is 2.42. The molecule has 0 atom stereocenters. The first kappa shape index (κ1) is 9.15. The van der Waals surface area contributed by atoms with E-state index in [0.717, 1.165) is 23.5 Å². The molecule has 0 saturated heterocycles. The van der Waals surface area contributed by atoms with Crippen molar-refractivity contribution in [3.8, 4) is 0 Å². The molecule has 2 aromatic heterocycles. The molecule has 0 N–H and O–H groups in total. The first-order valence-corrected chi connectivity index (χ1v) is 4.61. The molecule has 0 aliphatic rings. The fourth-order valence-corrected chi connectivity index (χ4v) is 1.46. The summed E-state index contributed by atoms with van der Waals surface area (Å²) in [5.41, 5.74) is 2.07. The topological polar surface area (TPSA) is 39.4 Å². The molecule has 0 radical (unpaired) electrons. The van der Waals surface area contributed by atoms with Gasteiger partial charge in [-0.3, -0.25) is 4.40 Å². The van der Waals surface area contributed by atoms with Gasteiger partial charge < -0.3 is 4.74 Å². The lowest BCUT2D eigenvalue weighted by molar-refractivity contribution is 0.200. The molecule has 0 aliphatic carbocycles. The molecule has 4 nitrogen and oxygen atoms in total. The highest BCUT2D eigenvalue weighted by atomic mass is 16.5. The fourth-order valence-electron chi connectivity index (χ4n) is 1.46. The van der Waals surface area contributed by atoms with E-state index in [9.17, 15) is 0 Å². The van der Waals surface area contributed by atoms with Gasteiger partial charge in [-0.15, -0.1) is 10.2 Å². The van der Waals surface area contributed by atoms with E-state index in [4.69, 9.17) is 4.74 Å². The van der Waals surface area contributed by atoms with E-state index in [1.165, 1.54) is 0 Å². The van der Waals surface area contributed by atoms with E-state index in [2.05, 4.69) is 10.2 Å². The first-order valence-electron chi connectivity index (χ1n) is 4.61. The lowest BCUT2D eigenvalue weighted by Crippen LogP contribution is -2.00. The summed E-state index contributed by atoms with van der Waals surface area (Å²) in [6.45, 7) is 2.71. The van der Waals surface area contributed by atoms with E-state index < -0.39 is 0 Å². The average Bonchev–Trinajstić information content (AvgIpc) is 2.60. The van der Waals surface area contributed by atoms with E-state index in [1.54, 1.807) is 7.11 Å². The number of methoxy groups -OCH3 is 1. The van der Waals surface area contributed by atoms with Crippen molar-refractivity contribution in [3.63, 3.8) is 0 Å². The summed E-state index contributed by atoms with van der Waals surface area (Å²) in [5.74, 6) is 0.950. The molecule has 2 heterocycles. The van der Waals surface area contributed by atoms with Crippen LogP contribution in [0.15, 0.2) is 18.3 Å². The summed E-state index contributed by atoms with van der Waals surface area (Å²) in [7, 11) is 1.69. The Bertz CT molecular complexity index is 436. The van der Waals surface area contributed by atoms with Crippen molar-refractivity contribution >= 4 is 5.65 Å². The third-order valence-electron chi connectivity index (χ3n) is 2.23. The molecule has 14 heavy (non-hydrogen) atoms. The Morgan fingerprint density at radius 1 is 1.43 bits per heavy atom. The van der Waals surface area contributed by atoms with Gasteiger partial charge in [-0.05, 0) is 18.6 Å². The number of nitrogens with zero attached hydrogens (tertiary/aromatic N) is 3. The molecule has 0 unspecified atom stereocenters. The second-order valence-electron chi connectivity index (χ2n) is 3.24. The SMILES string of the molecule is COCCc1nnc2c(C)cccn12. The average molecular weight is 191 g/mol. The number of hydrogen-bond acceptors (Lipinski definition) is 3. The lowest BCUT2D eigenvalue weighted by atomic mass is 10.3. The van der Waals surface area contributed by atoms with Crippen LogP contribution in [0.25, 0.3) is 5.65 Å². The van der Waals surface area contributed by atoms with Gasteiger partial charge in [0.25, 0.3) is 0 Å². The van der Waals surface area contributed by atoms with Crippen molar-refractivity contribution < 1.29 is 4.74 Å². The van der Waals surface area contributed by atoms with Crippen LogP contribution in [-0.2, 0) is 11.2 Å². The monoisotopic (exact) mass is 191 g/mol. The molecule has 0 saturated carbocycles. The number of aryl methyl sites for hydroxylation is 1. The summed E-state index contributed by atoms with van der Waals surface area (Å²) in [5, 5.41) is 8.26. The third kappa shape index (κ3) is 1.48. The van der Waals surface area contributed by atoms with Gasteiger partial charge in [-0.25, -0.2) is 0 Å². The maximum Gasteiger partial charge on any atom is 0.163 e. The summed E-state index contributed by atoms with van der Waals surface area (Å²) in [6.07, 6.45) is 2.77. The quantitative estimate of drug-likeness (QED) is 0.732. The molecule has 0 aromatic carbocycles. The van der Waals surface area contributed by atoms with Gasteiger partial charge in [-0.2, -0.15) is 0 Å². The van der Waals surface area contributed by atoms with Gasteiger partial charge in [-0.1, -0.05) is 6.07 Å². The molecule has 0 bridgehead atoms. The van der Waals surface area contributed by atoms with E-state index in [0.29, 0.717) is 6.61 Å². The number of fused-ring (bicyclic) bond motifs is 1. The molecule has 0 spiro atoms. The van der Waals surface area contributed by atoms with Gasteiger partial charge in [0.05, 0.1) is 6.61 Å². The van der Waals surface area contributed by atoms with Crippen LogP contribution >= 0.6 is 0 Å². The zero-order valence-electron chi connectivity index (χ0n) is 8.40. The highest BCUT2D eigenvalue weighted by Crippen LogP contribution is 2.08. The van der Waals surface area contributed by atoms with Crippen LogP contribution in [0, 0.1) is 6.92 Å². The molecule has 2 rings (SSSR count). The summed E-state index contributed by atoms with van der Waals surface area (Å²) in [4.78, 5) is 0. The molecule has 2 aromatic rings. The van der Waals surface area contributed by atoms with E-state index in [-0.39, 0.29) is 0 Å². The van der Waals surface area contributed by atoms with Crippen molar-refractivity contribution in [2.45, 2.75) is 13.3 Å². The van der Waals surface area contributed by atoms with Crippen molar-refractivity contribution in [1.82, 2.24) is 14.6 Å². The zero-order valence-corrected chi connectivity index (χ0v) is 8.40. The number of aromatic nitrogens is 3. The summed E-state index contributed by atoms with van der Waals surface area (Å²) >= 11 is 0. The minimum atomic E-state index is 0.675. The summed E-state index contributed by atoms with van der Waals surface area (Å²) in [6, 6.07) is 4.03. The fraction of sp³-hybridized carbons (Fsp3) is 0.400. The van der Waals surface area contributed by atoms with Crippen LogP contribution in [0.5, 0.6) is 0 Å². The molecular weight excluding hydrogens is 178 g/mol. The Hall–Kier alpha value is -1.42. The van der Waals surface area contributed by atoms with Crippen molar-refractivity contribution in [2.75, 3.05) is 13.7 Å². The molecule has 0 aliphatic heterocycles. The van der Waals surface area contributed by atoms with Gasteiger partial charge in [0, 0.05) is 19.7 Å². The number of ether oxygens (including phenoxy) is 1. The largest absolute Gasteiger partial charge is 0.384 e. The second kappa shape index (κ2) is 3.75. The van der Waals surface area contributed by atoms with E-state index >= 15 is 0 Å². The van der Waals surface area contributed by atoms with Gasteiger partial charge in [0.2, 0.25) is 0 Å². The Morgan fingerprint density at radius 2 is 2.29 bits per heavy atom. The lowest BCUT2D eigenvalue weighted by Gasteiger charge is -1.99. The van der Waals surface area contributed by atoms with Crippen molar-refractivity contribution in [3.05, 3.63) is 29.7 Å². The van der Waals surface area contributed by atoms with Crippen LogP contribution in [0.3, 0.4) is 0 Å². The van der Waals surface area contributed by atoms with Crippen molar-refractivity contribution in [1.29, 1.82) is 0 Å². The van der Waals surface area contributed by atoms with Gasteiger partial charge in [0.15, 0.2) is 5.65 Å². The van der Waals surface area contributed by atoms with Gasteiger partial charge >= 0.3 is 0 Å². The van der Waals surface area contributed by atoms with Crippen LogP contribution < -0.4 is 0 Å². The number of pyridine rings is 1. The Labute approximate surface area is 82.5 Å². The molecule has 0 amide bonds. The third-order valence-corrected chi connectivity index (χ3v) is 2.23. The highest BCUT2D eigenvalue weighted by Gasteiger charge is 2.05. The van der Waals surface area contributed by atoms with Gasteiger partial charge in [0.1, 0.15) is 5.82 Å². The standard InChI is InChI=1S/C10H13N3O/c1-8-4-3-6-13-9(5-7-14-2)11-12-10(8)13/h3-4,6H,5,7H2,1-2H3. The zero-order chi connectivity index (χ0) is 9.97. The molecular formula is C10H13N3O. The predicted molar refractivity (Wildman–Crippen MR) is 53.3 cm³/mol. The van der Waals surface area contributed by atoms with E-state index in [1.807, 2.05) is 29.7 Å². The van der Waals surface area contributed by atoms with Crippen LogP contribution in [0.2, 0.25) is 0 Å². The maximum absolute atomic E-state index is 5.01. The van der Waals surface area contributed by atoms with Crippen LogP contribution in [0.4, 0.5) is 0 Å². The maximum atomic E-state index is 5.01. The minimum Gasteiger partial charge on any atom is -0.384 e. The summed E-state index contributed by atoms with van der Waals surface area (Å²) < 4.78 is 7.02. The number of hydrogen-bond donors (Lipinski definition) is 0.